The second kappa shape index (κ2) is 10.2. The van der Waals surface area contributed by atoms with Crippen LogP contribution in [0, 0.1) is 0 Å². The van der Waals surface area contributed by atoms with Gasteiger partial charge in [0.1, 0.15) is 0 Å². The summed E-state index contributed by atoms with van der Waals surface area (Å²) in [5, 5.41) is 3.20. The molecule has 0 saturated heterocycles. The molecule has 0 aliphatic rings. The van der Waals surface area contributed by atoms with E-state index in [-0.39, 0.29) is 6.04 Å². The Labute approximate surface area is 128 Å². The molecule has 1 atom stereocenters. The van der Waals surface area contributed by atoms with E-state index < -0.39 is 0 Å². The lowest BCUT2D eigenvalue weighted by atomic mass is 10.1. The Kier molecular flexibility index (Phi) is 8.47. The first-order valence-electron chi connectivity index (χ1n) is 7.80. The number of hydrogen-bond donors (Lipinski definition) is 3. The minimum absolute atomic E-state index is 0.271. The van der Waals surface area contributed by atoms with Gasteiger partial charge in [-0.25, -0.2) is 5.84 Å². The van der Waals surface area contributed by atoms with E-state index in [1.807, 2.05) is 6.07 Å². The number of aliphatic imine (C=N–C) groups is 1. The van der Waals surface area contributed by atoms with Gasteiger partial charge in [0, 0.05) is 6.54 Å². The number of benzene rings is 1. The van der Waals surface area contributed by atoms with Crippen LogP contribution in [-0.4, -0.2) is 37.0 Å². The molecule has 0 bridgehead atoms. The van der Waals surface area contributed by atoms with E-state index in [4.69, 9.17) is 5.84 Å². The number of likely N-dealkylation sites (N-methyl/N-ethyl adjacent to an activating group) is 1. The molecule has 5 nitrogen and oxygen atoms in total. The standard InChI is InChI=1S/C16H29N5/c1-4-12-18-16(20-17)19-13-15(21(5-2)6-3)14-10-8-7-9-11-14/h7-11,15H,4-6,12-13,17H2,1-3H3,(H2,18,19,20). The van der Waals surface area contributed by atoms with Crippen LogP contribution in [0.15, 0.2) is 35.3 Å². The number of hydrazine groups is 1. The van der Waals surface area contributed by atoms with Gasteiger partial charge < -0.3 is 5.32 Å². The second-order valence-electron chi connectivity index (χ2n) is 4.91. The van der Waals surface area contributed by atoms with Gasteiger partial charge in [0.05, 0.1) is 12.6 Å². The Bertz CT molecular complexity index is 400. The summed E-state index contributed by atoms with van der Waals surface area (Å²) >= 11 is 0. The molecule has 1 unspecified atom stereocenters. The zero-order chi connectivity index (χ0) is 15.5. The Hall–Kier alpha value is -1.59. The van der Waals surface area contributed by atoms with Crippen molar-refractivity contribution >= 4 is 5.96 Å². The third-order valence-electron chi connectivity index (χ3n) is 3.54. The van der Waals surface area contributed by atoms with E-state index in [1.54, 1.807) is 0 Å². The summed E-state index contributed by atoms with van der Waals surface area (Å²) in [4.78, 5) is 7.01. The molecule has 0 fully saturated rings. The van der Waals surface area contributed by atoms with Crippen molar-refractivity contribution in [3.63, 3.8) is 0 Å². The monoisotopic (exact) mass is 291 g/mol. The molecule has 0 heterocycles. The maximum Gasteiger partial charge on any atom is 0.205 e. The van der Waals surface area contributed by atoms with Crippen molar-refractivity contribution in [2.45, 2.75) is 33.2 Å². The fourth-order valence-electron chi connectivity index (χ4n) is 2.34. The van der Waals surface area contributed by atoms with Crippen LogP contribution in [0.3, 0.4) is 0 Å². The summed E-state index contributed by atoms with van der Waals surface area (Å²) in [6, 6.07) is 10.8. The van der Waals surface area contributed by atoms with Crippen molar-refractivity contribution in [2.75, 3.05) is 26.2 Å². The lowest BCUT2D eigenvalue weighted by Gasteiger charge is -2.29. The molecule has 0 aliphatic carbocycles. The zero-order valence-corrected chi connectivity index (χ0v) is 13.5. The van der Waals surface area contributed by atoms with Crippen LogP contribution in [0.5, 0.6) is 0 Å². The molecule has 1 rings (SSSR count). The number of nitrogens with two attached hydrogens (primary N) is 1. The van der Waals surface area contributed by atoms with E-state index in [2.05, 4.69) is 65.7 Å². The molecule has 0 saturated carbocycles. The van der Waals surface area contributed by atoms with Crippen molar-refractivity contribution in [3.8, 4) is 0 Å². The molecule has 118 valence electrons. The molecule has 0 amide bonds. The lowest BCUT2D eigenvalue weighted by Crippen LogP contribution is -2.42. The SMILES string of the molecule is CCCNC(=NCC(c1ccccc1)N(CC)CC)NN. The van der Waals surface area contributed by atoms with E-state index in [0.29, 0.717) is 12.5 Å². The highest BCUT2D eigenvalue weighted by Crippen LogP contribution is 2.20. The molecule has 0 aliphatic heterocycles. The first kappa shape index (κ1) is 17.5. The number of nitrogens with one attached hydrogen (secondary N) is 2. The van der Waals surface area contributed by atoms with Crippen molar-refractivity contribution in [1.29, 1.82) is 0 Å². The first-order chi connectivity index (χ1) is 10.3. The average Bonchev–Trinajstić information content (AvgIpc) is 2.54. The quantitative estimate of drug-likeness (QED) is 0.296. The summed E-state index contributed by atoms with van der Waals surface area (Å²) in [6.07, 6.45) is 1.04. The van der Waals surface area contributed by atoms with Gasteiger partial charge >= 0.3 is 0 Å². The molecule has 1 aromatic rings. The average molecular weight is 291 g/mol. The van der Waals surface area contributed by atoms with Crippen LogP contribution < -0.4 is 16.6 Å². The summed E-state index contributed by atoms with van der Waals surface area (Å²) in [6.45, 7) is 10.0. The summed E-state index contributed by atoms with van der Waals surface area (Å²) in [5.74, 6) is 6.18. The lowest BCUT2D eigenvalue weighted by molar-refractivity contribution is 0.224. The van der Waals surface area contributed by atoms with Crippen LogP contribution in [0.25, 0.3) is 0 Å². The number of guanidine groups is 1. The fraction of sp³-hybridized carbons (Fsp3) is 0.562. The molecule has 0 spiro atoms. The highest BCUT2D eigenvalue weighted by Gasteiger charge is 2.17. The molecule has 0 aromatic heterocycles. The van der Waals surface area contributed by atoms with E-state index >= 15 is 0 Å². The van der Waals surface area contributed by atoms with E-state index in [0.717, 1.165) is 26.1 Å². The normalized spacial score (nSPS) is 13.3. The van der Waals surface area contributed by atoms with Gasteiger partial charge in [-0.3, -0.25) is 15.3 Å². The topological polar surface area (TPSA) is 65.7 Å². The summed E-state index contributed by atoms with van der Waals surface area (Å²) < 4.78 is 0. The van der Waals surface area contributed by atoms with Gasteiger partial charge in [-0.15, -0.1) is 0 Å². The molecular formula is C16H29N5. The molecule has 0 radical (unpaired) electrons. The predicted molar refractivity (Wildman–Crippen MR) is 90.0 cm³/mol. The summed E-state index contributed by atoms with van der Waals surface area (Å²) in [7, 11) is 0. The third-order valence-corrected chi connectivity index (χ3v) is 3.54. The van der Waals surface area contributed by atoms with Crippen LogP contribution in [-0.2, 0) is 0 Å². The predicted octanol–water partition coefficient (Wildman–Crippen LogP) is 1.89. The smallest absolute Gasteiger partial charge is 0.205 e. The van der Waals surface area contributed by atoms with Crippen LogP contribution in [0.1, 0.15) is 38.8 Å². The maximum absolute atomic E-state index is 5.52. The number of hydrogen-bond acceptors (Lipinski definition) is 3. The van der Waals surface area contributed by atoms with Crippen LogP contribution >= 0.6 is 0 Å². The molecule has 5 heteroatoms. The van der Waals surface area contributed by atoms with Crippen molar-refractivity contribution < 1.29 is 0 Å². The van der Waals surface area contributed by atoms with Gasteiger partial charge in [0.25, 0.3) is 0 Å². The van der Waals surface area contributed by atoms with Gasteiger partial charge in [0.15, 0.2) is 0 Å². The Morgan fingerprint density at radius 3 is 2.38 bits per heavy atom. The fourth-order valence-corrected chi connectivity index (χ4v) is 2.34. The number of nitrogens with zero attached hydrogens (tertiary/aromatic N) is 2. The molecular weight excluding hydrogens is 262 g/mol. The van der Waals surface area contributed by atoms with Crippen LogP contribution in [0.4, 0.5) is 0 Å². The van der Waals surface area contributed by atoms with Gasteiger partial charge in [0.2, 0.25) is 5.96 Å². The Morgan fingerprint density at radius 1 is 1.19 bits per heavy atom. The molecule has 21 heavy (non-hydrogen) atoms. The largest absolute Gasteiger partial charge is 0.355 e. The van der Waals surface area contributed by atoms with Gasteiger partial charge in [-0.05, 0) is 25.1 Å². The summed E-state index contributed by atoms with van der Waals surface area (Å²) in [5.41, 5.74) is 3.93. The minimum Gasteiger partial charge on any atom is -0.355 e. The molecule has 4 N–H and O–H groups in total. The van der Waals surface area contributed by atoms with Crippen molar-refractivity contribution in [2.24, 2.45) is 10.8 Å². The van der Waals surface area contributed by atoms with Crippen molar-refractivity contribution in [1.82, 2.24) is 15.6 Å². The highest BCUT2D eigenvalue weighted by molar-refractivity contribution is 5.79. The maximum atomic E-state index is 5.52. The van der Waals surface area contributed by atoms with Gasteiger partial charge in [-0.2, -0.15) is 0 Å². The third kappa shape index (κ3) is 5.73. The molecule has 1 aromatic carbocycles. The first-order valence-corrected chi connectivity index (χ1v) is 7.80. The highest BCUT2D eigenvalue weighted by atomic mass is 15.3. The van der Waals surface area contributed by atoms with Crippen molar-refractivity contribution in [3.05, 3.63) is 35.9 Å². The minimum atomic E-state index is 0.271. The number of rotatable bonds is 8. The Balaban J connectivity index is 2.84. The zero-order valence-electron chi connectivity index (χ0n) is 13.5. The second-order valence-corrected chi connectivity index (χ2v) is 4.91. The van der Waals surface area contributed by atoms with E-state index in [1.165, 1.54) is 5.56 Å². The van der Waals surface area contributed by atoms with Crippen LogP contribution in [0.2, 0.25) is 0 Å². The van der Waals surface area contributed by atoms with Gasteiger partial charge in [-0.1, -0.05) is 51.1 Å². The Morgan fingerprint density at radius 2 is 1.86 bits per heavy atom. The van der Waals surface area contributed by atoms with E-state index in [9.17, 15) is 0 Å².